The second-order valence-electron chi connectivity index (χ2n) is 2.61. The van der Waals surface area contributed by atoms with E-state index in [1.54, 1.807) is 0 Å². The third-order valence-corrected chi connectivity index (χ3v) is 3.08. The van der Waals surface area contributed by atoms with Crippen molar-refractivity contribution in [2.75, 3.05) is 5.75 Å². The molecule has 0 atom stereocenters. The van der Waals surface area contributed by atoms with Crippen molar-refractivity contribution in [1.82, 2.24) is 0 Å². The molecule has 0 bridgehead atoms. The van der Waals surface area contributed by atoms with Crippen LogP contribution < -0.4 is 0 Å². The molecule has 1 aliphatic rings. The van der Waals surface area contributed by atoms with Crippen molar-refractivity contribution < 1.29 is 21.6 Å². The molecule has 0 fully saturated rings. The van der Waals surface area contributed by atoms with Gasteiger partial charge < -0.3 is 0 Å². The van der Waals surface area contributed by atoms with Gasteiger partial charge in [-0.1, -0.05) is 11.6 Å². The van der Waals surface area contributed by atoms with Crippen molar-refractivity contribution in [2.24, 2.45) is 0 Å². The van der Waals surface area contributed by atoms with Crippen molar-refractivity contribution in [3.8, 4) is 0 Å². The standard InChI is InChI=1S/C6H7F3O2S/c7-6(8,9)12(10,11)4-5-2-1-3-5/h2H,1,3-4H2. The molecule has 0 heterocycles. The minimum Gasteiger partial charge on any atom is -0.219 e. The molecular formula is C6H7F3O2S. The Kier molecular flexibility index (Phi) is 2.20. The highest BCUT2D eigenvalue weighted by Crippen LogP contribution is 2.28. The molecule has 0 amide bonds. The van der Waals surface area contributed by atoms with Crippen LogP contribution >= 0.6 is 0 Å². The Morgan fingerprint density at radius 1 is 1.42 bits per heavy atom. The summed E-state index contributed by atoms with van der Waals surface area (Å²) in [6, 6.07) is 0. The lowest BCUT2D eigenvalue weighted by molar-refractivity contribution is -0.0433. The average molecular weight is 200 g/mol. The smallest absolute Gasteiger partial charge is 0.219 e. The van der Waals surface area contributed by atoms with E-state index in [2.05, 4.69) is 0 Å². The monoisotopic (exact) mass is 200 g/mol. The predicted octanol–water partition coefficient (Wildman–Crippen LogP) is 1.64. The van der Waals surface area contributed by atoms with Crippen molar-refractivity contribution in [3.63, 3.8) is 0 Å². The first-order valence-electron chi connectivity index (χ1n) is 3.30. The van der Waals surface area contributed by atoms with Crippen LogP contribution in [0, 0.1) is 0 Å². The molecule has 0 aliphatic heterocycles. The second-order valence-corrected chi connectivity index (χ2v) is 4.59. The lowest BCUT2D eigenvalue weighted by Gasteiger charge is -2.15. The molecule has 12 heavy (non-hydrogen) atoms. The lowest BCUT2D eigenvalue weighted by Crippen LogP contribution is -2.27. The molecule has 1 rings (SSSR count). The largest absolute Gasteiger partial charge is 0.497 e. The topological polar surface area (TPSA) is 34.1 Å². The zero-order valence-corrected chi connectivity index (χ0v) is 6.87. The molecule has 1 aliphatic carbocycles. The Balaban J connectivity index is 2.73. The van der Waals surface area contributed by atoms with Gasteiger partial charge in [0.1, 0.15) is 0 Å². The van der Waals surface area contributed by atoms with Crippen LogP contribution in [-0.2, 0) is 9.84 Å². The van der Waals surface area contributed by atoms with Gasteiger partial charge in [0.2, 0.25) is 0 Å². The zero-order valence-electron chi connectivity index (χ0n) is 6.06. The summed E-state index contributed by atoms with van der Waals surface area (Å²) in [5.41, 5.74) is -4.74. The Morgan fingerprint density at radius 3 is 2.17 bits per heavy atom. The van der Waals surface area contributed by atoms with E-state index in [-0.39, 0.29) is 0 Å². The van der Waals surface area contributed by atoms with Crippen LogP contribution in [-0.4, -0.2) is 19.7 Å². The lowest BCUT2D eigenvalue weighted by atomic mass is 10.0. The van der Waals surface area contributed by atoms with E-state index in [0.29, 0.717) is 18.4 Å². The average Bonchev–Trinajstić information content (AvgIpc) is 1.76. The minimum absolute atomic E-state index is 0.368. The molecule has 0 aromatic carbocycles. The van der Waals surface area contributed by atoms with Gasteiger partial charge in [-0.15, -0.1) is 0 Å². The van der Waals surface area contributed by atoms with Crippen LogP contribution in [0.1, 0.15) is 12.8 Å². The highest BCUT2D eigenvalue weighted by molar-refractivity contribution is 7.92. The molecule has 6 heteroatoms. The van der Waals surface area contributed by atoms with E-state index in [0.717, 1.165) is 0 Å². The van der Waals surface area contributed by atoms with Crippen molar-refractivity contribution in [2.45, 2.75) is 18.3 Å². The highest BCUT2D eigenvalue weighted by atomic mass is 32.2. The maximum Gasteiger partial charge on any atom is 0.497 e. The molecule has 0 aromatic heterocycles. The normalized spacial score (nSPS) is 18.4. The SMILES string of the molecule is O=S(=O)(CC1=CCC1)C(F)(F)F. The number of rotatable bonds is 2. The van der Waals surface area contributed by atoms with E-state index >= 15 is 0 Å². The third-order valence-electron chi connectivity index (χ3n) is 1.63. The van der Waals surface area contributed by atoms with Gasteiger partial charge in [0.25, 0.3) is 9.84 Å². The Hall–Kier alpha value is -0.520. The predicted molar refractivity (Wildman–Crippen MR) is 37.2 cm³/mol. The summed E-state index contributed by atoms with van der Waals surface area (Å²) in [6.07, 6.45) is 2.67. The van der Waals surface area contributed by atoms with Gasteiger partial charge >= 0.3 is 5.51 Å². The van der Waals surface area contributed by atoms with Gasteiger partial charge in [-0.25, -0.2) is 8.42 Å². The Morgan fingerprint density at radius 2 is 1.92 bits per heavy atom. The zero-order chi connectivity index (χ0) is 9.41. The van der Waals surface area contributed by atoms with Crippen molar-refractivity contribution in [1.29, 1.82) is 0 Å². The van der Waals surface area contributed by atoms with Crippen molar-refractivity contribution >= 4 is 9.84 Å². The summed E-state index contributed by atoms with van der Waals surface area (Å²) in [7, 11) is -4.93. The number of allylic oxidation sites excluding steroid dienone is 1. The van der Waals surface area contributed by atoms with Crippen LogP contribution in [0.5, 0.6) is 0 Å². The molecule has 0 radical (unpaired) electrons. The molecular weight excluding hydrogens is 193 g/mol. The maximum atomic E-state index is 11.7. The van der Waals surface area contributed by atoms with Gasteiger partial charge in [-0.05, 0) is 12.8 Å². The number of sulfone groups is 1. The summed E-state index contributed by atoms with van der Waals surface area (Å²) in [4.78, 5) is 0. The first-order chi connectivity index (χ1) is 5.33. The van der Waals surface area contributed by atoms with Crippen LogP contribution in [0.15, 0.2) is 11.6 Å². The quantitative estimate of drug-likeness (QED) is 0.635. The number of halogens is 3. The fourth-order valence-corrected chi connectivity index (χ4v) is 1.72. The molecule has 0 N–H and O–H groups in total. The number of hydrogen-bond acceptors (Lipinski definition) is 2. The summed E-state index contributed by atoms with van der Waals surface area (Å²) in [5, 5.41) is 0. The fraction of sp³-hybridized carbons (Fsp3) is 0.667. The third kappa shape index (κ3) is 1.80. The molecule has 2 nitrogen and oxygen atoms in total. The van der Waals surface area contributed by atoms with E-state index in [1.807, 2.05) is 0 Å². The van der Waals surface area contributed by atoms with Gasteiger partial charge in [0, 0.05) is 0 Å². The maximum absolute atomic E-state index is 11.7. The summed E-state index contributed by atoms with van der Waals surface area (Å²) in [6.45, 7) is 0. The van der Waals surface area contributed by atoms with E-state index in [9.17, 15) is 21.6 Å². The molecule has 70 valence electrons. The van der Waals surface area contributed by atoms with Gasteiger partial charge in [0.15, 0.2) is 0 Å². The van der Waals surface area contributed by atoms with Gasteiger partial charge in [-0.2, -0.15) is 13.2 Å². The van der Waals surface area contributed by atoms with Gasteiger partial charge in [0.05, 0.1) is 5.75 Å². The minimum atomic E-state index is -5.11. The summed E-state index contributed by atoms with van der Waals surface area (Å²) >= 11 is 0. The second kappa shape index (κ2) is 2.76. The molecule has 0 spiro atoms. The van der Waals surface area contributed by atoms with Crippen LogP contribution in [0.2, 0.25) is 0 Å². The first kappa shape index (κ1) is 9.57. The highest BCUT2D eigenvalue weighted by Gasteiger charge is 2.45. The van der Waals surface area contributed by atoms with E-state index in [1.165, 1.54) is 6.08 Å². The van der Waals surface area contributed by atoms with Crippen molar-refractivity contribution in [3.05, 3.63) is 11.6 Å². The van der Waals surface area contributed by atoms with Crippen LogP contribution in [0.4, 0.5) is 13.2 Å². The van der Waals surface area contributed by atoms with Crippen LogP contribution in [0.3, 0.4) is 0 Å². The summed E-state index contributed by atoms with van der Waals surface area (Å²) in [5.74, 6) is -0.865. The van der Waals surface area contributed by atoms with E-state index < -0.39 is 21.1 Å². The Bertz CT molecular complexity index is 299. The molecule has 0 unspecified atom stereocenters. The first-order valence-corrected chi connectivity index (χ1v) is 4.95. The molecule has 0 saturated heterocycles. The molecule has 0 aromatic rings. The van der Waals surface area contributed by atoms with Crippen LogP contribution in [0.25, 0.3) is 0 Å². The van der Waals surface area contributed by atoms with E-state index in [4.69, 9.17) is 0 Å². The molecule has 0 saturated carbocycles. The number of alkyl halides is 3. The summed E-state index contributed by atoms with van der Waals surface area (Å²) < 4.78 is 56.2. The van der Waals surface area contributed by atoms with Gasteiger partial charge in [-0.3, -0.25) is 0 Å². The fourth-order valence-electron chi connectivity index (χ4n) is 0.805. The Labute approximate surface area is 68.0 Å². The number of hydrogen-bond donors (Lipinski definition) is 0.